The maximum Gasteiger partial charge on any atom is 0.226 e. The van der Waals surface area contributed by atoms with Gasteiger partial charge in [0.2, 0.25) is 5.89 Å². The monoisotopic (exact) mass is 253 g/mol. The highest BCUT2D eigenvalue weighted by Crippen LogP contribution is 2.24. The van der Waals surface area contributed by atoms with E-state index in [4.69, 9.17) is 4.42 Å². The summed E-state index contributed by atoms with van der Waals surface area (Å²) in [4.78, 5) is 8.63. The van der Waals surface area contributed by atoms with E-state index in [0.717, 1.165) is 22.6 Å². The zero-order valence-corrected chi connectivity index (χ0v) is 11.0. The van der Waals surface area contributed by atoms with Gasteiger partial charge in [-0.2, -0.15) is 0 Å². The number of aryl methyl sites for hydroxylation is 2. The van der Waals surface area contributed by atoms with E-state index in [1.807, 2.05) is 35.9 Å². The average Bonchev–Trinajstić information content (AvgIpc) is 3.02. The molecule has 0 saturated heterocycles. The molecule has 2 aromatic heterocycles. The summed E-state index contributed by atoms with van der Waals surface area (Å²) in [5.74, 6) is 1.54. The van der Waals surface area contributed by atoms with Crippen LogP contribution in [0.5, 0.6) is 0 Å². The van der Waals surface area contributed by atoms with Crippen molar-refractivity contribution in [2.75, 3.05) is 0 Å². The van der Waals surface area contributed by atoms with Crippen molar-refractivity contribution in [3.05, 3.63) is 60.0 Å². The van der Waals surface area contributed by atoms with Crippen LogP contribution in [0.25, 0.3) is 11.5 Å². The normalized spacial score (nSPS) is 10.8. The van der Waals surface area contributed by atoms with Crippen molar-refractivity contribution in [1.29, 1.82) is 0 Å². The first-order chi connectivity index (χ1) is 9.24. The summed E-state index contributed by atoms with van der Waals surface area (Å²) < 4.78 is 7.76. The molecule has 96 valence electrons. The van der Waals surface area contributed by atoms with Gasteiger partial charge in [-0.15, -0.1) is 0 Å². The van der Waals surface area contributed by atoms with Crippen molar-refractivity contribution >= 4 is 0 Å². The molecule has 4 nitrogen and oxygen atoms in total. The zero-order chi connectivity index (χ0) is 13.2. The lowest BCUT2D eigenvalue weighted by Crippen LogP contribution is -1.98. The Labute approximate surface area is 111 Å². The van der Waals surface area contributed by atoms with Crippen LogP contribution in [-0.4, -0.2) is 14.5 Å². The van der Waals surface area contributed by atoms with Gasteiger partial charge in [0.15, 0.2) is 0 Å². The van der Waals surface area contributed by atoms with Gasteiger partial charge in [0.1, 0.15) is 11.5 Å². The second kappa shape index (κ2) is 4.72. The molecule has 0 unspecified atom stereocenters. The standard InChI is InChI=1S/C15H15N3O/c1-11-5-3-4-6-13(11)15-17-14(12(2)19-15)9-18-8-7-16-10-18/h3-8,10H,9H2,1-2H3. The molecule has 19 heavy (non-hydrogen) atoms. The van der Waals surface area contributed by atoms with Gasteiger partial charge in [-0.3, -0.25) is 0 Å². The fraction of sp³-hybridized carbons (Fsp3) is 0.200. The van der Waals surface area contributed by atoms with Gasteiger partial charge in [0.05, 0.1) is 12.9 Å². The number of imidazole rings is 1. The van der Waals surface area contributed by atoms with Gasteiger partial charge in [-0.1, -0.05) is 18.2 Å². The average molecular weight is 253 g/mol. The molecule has 0 radical (unpaired) electrons. The van der Waals surface area contributed by atoms with Gasteiger partial charge in [0.25, 0.3) is 0 Å². The Morgan fingerprint density at radius 1 is 1.21 bits per heavy atom. The largest absolute Gasteiger partial charge is 0.441 e. The lowest BCUT2D eigenvalue weighted by atomic mass is 10.1. The number of oxazole rings is 1. The van der Waals surface area contributed by atoms with Crippen molar-refractivity contribution in [1.82, 2.24) is 14.5 Å². The molecule has 4 heteroatoms. The maximum atomic E-state index is 5.79. The second-order valence-electron chi connectivity index (χ2n) is 4.57. The van der Waals surface area contributed by atoms with Gasteiger partial charge in [0, 0.05) is 18.0 Å². The Hall–Kier alpha value is -2.36. The number of hydrogen-bond acceptors (Lipinski definition) is 3. The van der Waals surface area contributed by atoms with Crippen LogP contribution < -0.4 is 0 Å². The summed E-state index contributed by atoms with van der Waals surface area (Å²) in [5.41, 5.74) is 3.15. The van der Waals surface area contributed by atoms with E-state index in [0.29, 0.717) is 12.4 Å². The lowest BCUT2D eigenvalue weighted by Gasteiger charge is -1.99. The van der Waals surface area contributed by atoms with E-state index in [2.05, 4.69) is 23.0 Å². The van der Waals surface area contributed by atoms with Crippen molar-refractivity contribution < 1.29 is 4.42 Å². The van der Waals surface area contributed by atoms with Gasteiger partial charge in [-0.05, 0) is 25.5 Å². The maximum absolute atomic E-state index is 5.79. The molecule has 0 atom stereocenters. The van der Waals surface area contributed by atoms with Crippen molar-refractivity contribution in [2.24, 2.45) is 0 Å². The topological polar surface area (TPSA) is 43.9 Å². The molecule has 2 heterocycles. The van der Waals surface area contributed by atoms with Crippen molar-refractivity contribution in [3.8, 4) is 11.5 Å². The first-order valence-electron chi connectivity index (χ1n) is 6.22. The SMILES string of the molecule is Cc1ccccc1-c1nc(Cn2ccnc2)c(C)o1. The smallest absolute Gasteiger partial charge is 0.226 e. The minimum absolute atomic E-state index is 0.682. The molecule has 0 saturated carbocycles. The fourth-order valence-electron chi connectivity index (χ4n) is 2.06. The first-order valence-corrected chi connectivity index (χ1v) is 6.22. The van der Waals surface area contributed by atoms with E-state index in [1.165, 1.54) is 0 Å². The van der Waals surface area contributed by atoms with Crippen LogP contribution in [0.2, 0.25) is 0 Å². The summed E-state index contributed by atoms with van der Waals surface area (Å²) in [6.07, 6.45) is 5.46. The Bertz CT molecular complexity index is 683. The highest BCUT2D eigenvalue weighted by molar-refractivity contribution is 5.58. The third kappa shape index (κ3) is 2.29. The molecule has 0 N–H and O–H groups in total. The van der Waals surface area contributed by atoms with Crippen molar-refractivity contribution in [3.63, 3.8) is 0 Å². The molecule has 0 aliphatic rings. The highest BCUT2D eigenvalue weighted by Gasteiger charge is 2.12. The number of benzene rings is 1. The van der Waals surface area contributed by atoms with E-state index in [-0.39, 0.29) is 0 Å². The summed E-state index contributed by atoms with van der Waals surface area (Å²) in [6, 6.07) is 8.10. The highest BCUT2D eigenvalue weighted by atomic mass is 16.4. The van der Waals surface area contributed by atoms with Crippen LogP contribution in [0, 0.1) is 13.8 Å². The Morgan fingerprint density at radius 3 is 2.79 bits per heavy atom. The van der Waals surface area contributed by atoms with Gasteiger partial charge < -0.3 is 8.98 Å². The molecule has 0 amide bonds. The van der Waals surface area contributed by atoms with E-state index >= 15 is 0 Å². The third-order valence-corrected chi connectivity index (χ3v) is 3.16. The summed E-state index contributed by atoms with van der Waals surface area (Å²) in [6.45, 7) is 4.69. The minimum Gasteiger partial charge on any atom is -0.441 e. The van der Waals surface area contributed by atoms with Crippen LogP contribution in [0.15, 0.2) is 47.4 Å². The summed E-state index contributed by atoms with van der Waals surface area (Å²) in [7, 11) is 0. The summed E-state index contributed by atoms with van der Waals surface area (Å²) in [5, 5.41) is 0. The summed E-state index contributed by atoms with van der Waals surface area (Å²) >= 11 is 0. The molecule has 3 rings (SSSR count). The van der Waals surface area contributed by atoms with Crippen LogP contribution in [0.4, 0.5) is 0 Å². The quantitative estimate of drug-likeness (QED) is 0.720. The molecular weight excluding hydrogens is 238 g/mol. The Kier molecular flexibility index (Phi) is 2.91. The molecule has 0 aliphatic carbocycles. The van der Waals surface area contributed by atoms with E-state index in [1.54, 1.807) is 12.5 Å². The Balaban J connectivity index is 1.95. The van der Waals surface area contributed by atoms with Gasteiger partial charge in [-0.25, -0.2) is 9.97 Å². The van der Waals surface area contributed by atoms with Crippen LogP contribution >= 0.6 is 0 Å². The number of hydrogen-bond donors (Lipinski definition) is 0. The van der Waals surface area contributed by atoms with Crippen LogP contribution in [0.1, 0.15) is 17.0 Å². The molecular formula is C15H15N3O. The molecule has 0 spiro atoms. The zero-order valence-electron chi connectivity index (χ0n) is 11.0. The molecule has 0 bridgehead atoms. The number of nitrogens with zero attached hydrogens (tertiary/aromatic N) is 3. The van der Waals surface area contributed by atoms with Gasteiger partial charge >= 0.3 is 0 Å². The van der Waals surface area contributed by atoms with Crippen molar-refractivity contribution in [2.45, 2.75) is 20.4 Å². The fourth-order valence-corrected chi connectivity index (χ4v) is 2.06. The predicted molar refractivity (Wildman–Crippen MR) is 72.7 cm³/mol. The first kappa shape index (κ1) is 11.7. The molecule has 1 aromatic carbocycles. The third-order valence-electron chi connectivity index (χ3n) is 3.16. The predicted octanol–water partition coefficient (Wildman–Crippen LogP) is 3.20. The Morgan fingerprint density at radius 2 is 2.05 bits per heavy atom. The number of aromatic nitrogens is 3. The van der Waals surface area contributed by atoms with E-state index < -0.39 is 0 Å². The molecule has 0 fully saturated rings. The lowest BCUT2D eigenvalue weighted by molar-refractivity contribution is 0.537. The second-order valence-corrected chi connectivity index (χ2v) is 4.57. The van der Waals surface area contributed by atoms with Crippen LogP contribution in [0.3, 0.4) is 0 Å². The van der Waals surface area contributed by atoms with E-state index in [9.17, 15) is 0 Å². The number of rotatable bonds is 3. The molecule has 0 aliphatic heterocycles. The van der Waals surface area contributed by atoms with Crippen LogP contribution in [-0.2, 0) is 6.54 Å². The minimum atomic E-state index is 0.682. The molecule has 3 aromatic rings.